The van der Waals surface area contributed by atoms with E-state index < -0.39 is 0 Å². The number of nitrogens with zero attached hydrogens (tertiary/aromatic N) is 2. The average Bonchev–Trinajstić information content (AvgIpc) is 3.65. The third-order valence-corrected chi connectivity index (χ3v) is 7.21. The molecule has 2 aromatic carbocycles. The molecule has 0 N–H and O–H groups in total. The lowest BCUT2D eigenvalue weighted by atomic mass is 10.1. The van der Waals surface area contributed by atoms with E-state index in [9.17, 15) is 9.59 Å². The summed E-state index contributed by atoms with van der Waals surface area (Å²) in [6.45, 7) is 3.78. The van der Waals surface area contributed by atoms with Gasteiger partial charge in [-0.05, 0) is 68.0 Å². The standard InChI is InChI=1S/C32H40N2O6/c1-24-11-14-28(40-24)22-33(18-17-26-12-15-29(37-2)30(20-26)38-3)32(36)23-34(21-27-10-7-19-39-27)31(35)16-13-25-8-5-4-6-9-25/h4-6,8-9,11-12,14-15,20,27H,7,10,13,16-19,21-23H2,1-3H3. The quantitative estimate of drug-likeness (QED) is 0.287. The molecule has 1 fully saturated rings. The summed E-state index contributed by atoms with van der Waals surface area (Å²) in [5, 5.41) is 0. The Morgan fingerprint density at radius 1 is 0.900 bits per heavy atom. The van der Waals surface area contributed by atoms with E-state index in [1.807, 2.05) is 67.6 Å². The Balaban J connectivity index is 1.47. The van der Waals surface area contributed by atoms with Crippen molar-refractivity contribution in [2.45, 2.75) is 51.7 Å². The van der Waals surface area contributed by atoms with Crippen molar-refractivity contribution >= 4 is 11.8 Å². The fraction of sp³-hybridized carbons (Fsp3) is 0.438. The van der Waals surface area contributed by atoms with E-state index in [-0.39, 0.29) is 24.5 Å². The fourth-order valence-corrected chi connectivity index (χ4v) is 4.96. The van der Waals surface area contributed by atoms with Gasteiger partial charge >= 0.3 is 0 Å². The van der Waals surface area contributed by atoms with Gasteiger partial charge in [0.05, 0.1) is 33.4 Å². The second-order valence-corrected chi connectivity index (χ2v) is 10.2. The molecule has 40 heavy (non-hydrogen) atoms. The Kier molecular flexibility index (Phi) is 10.6. The highest BCUT2D eigenvalue weighted by Gasteiger charge is 2.26. The van der Waals surface area contributed by atoms with Crippen LogP contribution in [0.5, 0.6) is 11.5 Å². The molecule has 0 aliphatic carbocycles. The lowest BCUT2D eigenvalue weighted by molar-refractivity contribution is -0.142. The van der Waals surface area contributed by atoms with Gasteiger partial charge in [-0.3, -0.25) is 9.59 Å². The number of ether oxygens (including phenoxy) is 3. The lowest BCUT2D eigenvalue weighted by Crippen LogP contribution is -2.46. The van der Waals surface area contributed by atoms with Crippen LogP contribution in [0.2, 0.25) is 0 Å². The molecule has 3 aromatic rings. The van der Waals surface area contributed by atoms with Gasteiger partial charge in [0.2, 0.25) is 11.8 Å². The van der Waals surface area contributed by atoms with E-state index in [0.29, 0.717) is 62.8 Å². The van der Waals surface area contributed by atoms with Crippen LogP contribution in [0.15, 0.2) is 65.1 Å². The Hall–Kier alpha value is -3.78. The predicted octanol–water partition coefficient (Wildman–Crippen LogP) is 4.82. The number of hydrogen-bond donors (Lipinski definition) is 0. The summed E-state index contributed by atoms with van der Waals surface area (Å²) in [5.74, 6) is 2.63. The fourth-order valence-electron chi connectivity index (χ4n) is 4.96. The highest BCUT2D eigenvalue weighted by molar-refractivity contribution is 5.85. The lowest BCUT2D eigenvalue weighted by Gasteiger charge is -2.29. The van der Waals surface area contributed by atoms with Crippen LogP contribution in [-0.2, 0) is 33.7 Å². The third-order valence-electron chi connectivity index (χ3n) is 7.21. The Labute approximate surface area is 236 Å². The second kappa shape index (κ2) is 14.6. The van der Waals surface area contributed by atoms with Crippen LogP contribution in [0.1, 0.15) is 41.9 Å². The van der Waals surface area contributed by atoms with E-state index in [2.05, 4.69) is 0 Å². The largest absolute Gasteiger partial charge is 0.493 e. The van der Waals surface area contributed by atoms with Crippen molar-refractivity contribution in [1.29, 1.82) is 0 Å². The number of carbonyl (C=O) groups excluding carboxylic acids is 2. The van der Waals surface area contributed by atoms with Gasteiger partial charge in [-0.1, -0.05) is 36.4 Å². The molecule has 1 atom stereocenters. The van der Waals surface area contributed by atoms with Crippen molar-refractivity contribution in [3.63, 3.8) is 0 Å². The number of hydrogen-bond acceptors (Lipinski definition) is 6. The Morgan fingerprint density at radius 2 is 1.70 bits per heavy atom. The topological polar surface area (TPSA) is 81.5 Å². The number of methoxy groups -OCH3 is 2. The van der Waals surface area contributed by atoms with Crippen molar-refractivity contribution in [2.75, 3.05) is 40.5 Å². The van der Waals surface area contributed by atoms with Gasteiger partial charge in [-0.15, -0.1) is 0 Å². The Morgan fingerprint density at radius 3 is 2.38 bits per heavy atom. The van der Waals surface area contributed by atoms with Crippen LogP contribution in [0.4, 0.5) is 0 Å². The highest BCUT2D eigenvalue weighted by Crippen LogP contribution is 2.28. The zero-order valence-corrected chi connectivity index (χ0v) is 23.8. The first kappa shape index (κ1) is 29.2. The number of furan rings is 1. The van der Waals surface area contributed by atoms with Crippen LogP contribution >= 0.6 is 0 Å². The molecule has 1 aromatic heterocycles. The molecule has 1 saturated heterocycles. The van der Waals surface area contributed by atoms with Crippen LogP contribution in [0.3, 0.4) is 0 Å². The van der Waals surface area contributed by atoms with E-state index in [1.54, 1.807) is 24.0 Å². The van der Waals surface area contributed by atoms with E-state index in [0.717, 1.165) is 29.7 Å². The number of benzene rings is 2. The van der Waals surface area contributed by atoms with Crippen molar-refractivity contribution < 1.29 is 28.2 Å². The van der Waals surface area contributed by atoms with Gasteiger partial charge in [0.25, 0.3) is 0 Å². The summed E-state index contributed by atoms with van der Waals surface area (Å²) in [6, 6.07) is 19.5. The monoisotopic (exact) mass is 548 g/mol. The molecule has 2 heterocycles. The maximum Gasteiger partial charge on any atom is 0.242 e. The maximum absolute atomic E-state index is 13.8. The summed E-state index contributed by atoms with van der Waals surface area (Å²) in [6.07, 6.45) is 3.41. The second-order valence-electron chi connectivity index (χ2n) is 10.2. The molecular weight excluding hydrogens is 508 g/mol. The molecule has 8 heteroatoms. The molecule has 2 amide bonds. The van der Waals surface area contributed by atoms with Crippen molar-refractivity contribution in [2.24, 2.45) is 0 Å². The summed E-state index contributed by atoms with van der Waals surface area (Å²) in [5.41, 5.74) is 2.12. The minimum Gasteiger partial charge on any atom is -0.493 e. The van der Waals surface area contributed by atoms with Crippen molar-refractivity contribution in [3.05, 3.63) is 83.3 Å². The zero-order chi connectivity index (χ0) is 28.3. The summed E-state index contributed by atoms with van der Waals surface area (Å²) in [4.78, 5) is 30.6. The van der Waals surface area contributed by atoms with E-state index in [1.165, 1.54) is 0 Å². The van der Waals surface area contributed by atoms with E-state index in [4.69, 9.17) is 18.6 Å². The molecule has 8 nitrogen and oxygen atoms in total. The van der Waals surface area contributed by atoms with Crippen molar-refractivity contribution in [1.82, 2.24) is 9.80 Å². The van der Waals surface area contributed by atoms with Gasteiger partial charge in [0.1, 0.15) is 11.5 Å². The molecule has 4 rings (SSSR count). The number of amides is 2. The van der Waals surface area contributed by atoms with Gasteiger partial charge in [0, 0.05) is 26.1 Å². The molecule has 1 unspecified atom stereocenters. The summed E-state index contributed by atoms with van der Waals surface area (Å²) in [7, 11) is 3.21. The smallest absolute Gasteiger partial charge is 0.242 e. The number of aryl methyl sites for hydroxylation is 2. The SMILES string of the molecule is COc1ccc(CCN(Cc2ccc(C)o2)C(=O)CN(CC2CCCO2)C(=O)CCc2ccccc2)cc1OC. The van der Waals surface area contributed by atoms with Gasteiger partial charge < -0.3 is 28.4 Å². The van der Waals surface area contributed by atoms with Crippen LogP contribution in [-0.4, -0.2) is 68.2 Å². The molecule has 0 radical (unpaired) electrons. The number of carbonyl (C=O) groups is 2. The highest BCUT2D eigenvalue weighted by atomic mass is 16.5. The zero-order valence-electron chi connectivity index (χ0n) is 23.8. The first-order valence-electron chi connectivity index (χ1n) is 13.9. The molecular formula is C32H40N2O6. The molecule has 1 aliphatic rings. The van der Waals surface area contributed by atoms with E-state index >= 15 is 0 Å². The van der Waals surface area contributed by atoms with Crippen LogP contribution in [0, 0.1) is 6.92 Å². The number of rotatable bonds is 14. The van der Waals surface area contributed by atoms with Crippen LogP contribution in [0.25, 0.3) is 0 Å². The minimum absolute atomic E-state index is 0.000886. The molecule has 214 valence electrons. The third kappa shape index (κ3) is 8.36. The molecule has 0 spiro atoms. The average molecular weight is 549 g/mol. The Bertz CT molecular complexity index is 1240. The summed E-state index contributed by atoms with van der Waals surface area (Å²) < 4.78 is 22.4. The maximum atomic E-state index is 13.8. The minimum atomic E-state index is -0.124. The first-order chi connectivity index (χ1) is 19.4. The van der Waals surface area contributed by atoms with Crippen molar-refractivity contribution in [3.8, 4) is 11.5 Å². The normalized spacial score (nSPS) is 14.6. The summed E-state index contributed by atoms with van der Waals surface area (Å²) >= 11 is 0. The van der Waals surface area contributed by atoms with Crippen LogP contribution < -0.4 is 9.47 Å². The van der Waals surface area contributed by atoms with Gasteiger partial charge in [-0.2, -0.15) is 0 Å². The van der Waals surface area contributed by atoms with Gasteiger partial charge in [0.15, 0.2) is 11.5 Å². The molecule has 1 aliphatic heterocycles. The first-order valence-corrected chi connectivity index (χ1v) is 13.9. The molecule has 0 bridgehead atoms. The predicted molar refractivity (Wildman–Crippen MR) is 152 cm³/mol. The molecule has 0 saturated carbocycles. The van der Waals surface area contributed by atoms with Gasteiger partial charge in [-0.25, -0.2) is 0 Å².